The molecule has 7 heteroatoms. The van der Waals surface area contributed by atoms with Gasteiger partial charge in [0.05, 0.1) is 5.56 Å². The van der Waals surface area contributed by atoms with Crippen LogP contribution in [0.2, 0.25) is 0 Å². The molecule has 0 spiro atoms. The van der Waals surface area contributed by atoms with Crippen LogP contribution in [-0.2, 0) is 6.54 Å². The topological polar surface area (TPSA) is 34.1 Å². The van der Waals surface area contributed by atoms with Crippen molar-refractivity contribution in [3.8, 4) is 5.75 Å². The van der Waals surface area contributed by atoms with E-state index in [0.29, 0.717) is 12.1 Å². The molecule has 4 rings (SSSR count). The second-order valence-corrected chi connectivity index (χ2v) is 6.83. The number of nitrogens with zero attached hydrogens (tertiary/aromatic N) is 1. The van der Waals surface area contributed by atoms with Crippen molar-refractivity contribution in [2.24, 2.45) is 0 Å². The van der Waals surface area contributed by atoms with Crippen molar-refractivity contribution in [3.05, 3.63) is 71.6 Å². The van der Waals surface area contributed by atoms with Gasteiger partial charge in [-0.15, -0.1) is 0 Å². The molecule has 1 fully saturated rings. The predicted molar refractivity (Wildman–Crippen MR) is 97.3 cm³/mol. The van der Waals surface area contributed by atoms with Gasteiger partial charge < -0.3 is 10.1 Å². The molecule has 0 unspecified atom stereocenters. The standard InChI is InChI=1S/C21H18F4N2O/c22-17-4-1-12-10-26-8-7-14(12)16(17)11-27-19-5-6-20(19)28-13-2-3-15(21(24)25)18(23)9-13/h1-4,7-10,19-21,27H,5-6,11H2/t19-,20-/m1/s1. The number of fused-ring (bicyclic) bond motifs is 1. The quantitative estimate of drug-likeness (QED) is 0.591. The third-order valence-electron chi connectivity index (χ3n) is 5.12. The van der Waals surface area contributed by atoms with Crippen LogP contribution in [0.5, 0.6) is 5.75 Å². The van der Waals surface area contributed by atoms with Crippen LogP contribution < -0.4 is 10.1 Å². The van der Waals surface area contributed by atoms with Crippen LogP contribution in [0.15, 0.2) is 48.8 Å². The molecule has 1 N–H and O–H groups in total. The van der Waals surface area contributed by atoms with Gasteiger partial charge in [0.25, 0.3) is 6.43 Å². The van der Waals surface area contributed by atoms with Gasteiger partial charge >= 0.3 is 0 Å². The second-order valence-electron chi connectivity index (χ2n) is 6.83. The number of hydrogen-bond acceptors (Lipinski definition) is 3. The van der Waals surface area contributed by atoms with Gasteiger partial charge in [0.2, 0.25) is 0 Å². The molecule has 0 radical (unpaired) electrons. The van der Waals surface area contributed by atoms with Gasteiger partial charge in [0.15, 0.2) is 0 Å². The van der Waals surface area contributed by atoms with Crippen LogP contribution in [0.25, 0.3) is 10.8 Å². The Morgan fingerprint density at radius 2 is 1.93 bits per heavy atom. The van der Waals surface area contributed by atoms with E-state index in [0.717, 1.165) is 35.7 Å². The molecule has 1 saturated carbocycles. The molecular formula is C21H18F4N2O. The normalized spacial score (nSPS) is 19.0. The van der Waals surface area contributed by atoms with Gasteiger partial charge in [-0.25, -0.2) is 17.6 Å². The molecule has 0 amide bonds. The number of hydrogen-bond donors (Lipinski definition) is 1. The summed E-state index contributed by atoms with van der Waals surface area (Å²) in [5.41, 5.74) is -0.0885. The Morgan fingerprint density at radius 1 is 1.07 bits per heavy atom. The minimum absolute atomic E-state index is 0.0330. The predicted octanol–water partition coefficient (Wildman–Crippen LogP) is 5.15. The van der Waals surface area contributed by atoms with Crippen molar-refractivity contribution in [2.75, 3.05) is 0 Å². The summed E-state index contributed by atoms with van der Waals surface area (Å²) in [4.78, 5) is 4.05. The number of rotatable bonds is 6. The molecule has 0 saturated heterocycles. The highest BCUT2D eigenvalue weighted by molar-refractivity contribution is 5.84. The molecule has 3 nitrogen and oxygen atoms in total. The van der Waals surface area contributed by atoms with E-state index in [-0.39, 0.29) is 23.7 Å². The number of nitrogens with one attached hydrogen (secondary N) is 1. The summed E-state index contributed by atoms with van der Waals surface area (Å²) in [7, 11) is 0. The Balaban J connectivity index is 1.42. The fourth-order valence-electron chi connectivity index (χ4n) is 3.40. The first-order chi connectivity index (χ1) is 13.5. The molecule has 1 aliphatic carbocycles. The molecule has 3 aromatic rings. The van der Waals surface area contributed by atoms with Gasteiger partial charge in [0, 0.05) is 42.0 Å². The highest BCUT2D eigenvalue weighted by Gasteiger charge is 2.33. The third kappa shape index (κ3) is 3.67. The summed E-state index contributed by atoms with van der Waals surface area (Å²) < 4.78 is 59.0. The lowest BCUT2D eigenvalue weighted by Crippen LogP contribution is -2.50. The zero-order valence-corrected chi connectivity index (χ0v) is 14.8. The molecule has 1 aromatic heterocycles. The SMILES string of the molecule is Fc1cc(O[C@@H]2CC[C@H]2NCc2c(F)ccc3cnccc23)ccc1C(F)F. The molecule has 1 heterocycles. The van der Waals surface area contributed by atoms with Crippen LogP contribution in [0.4, 0.5) is 17.6 Å². The van der Waals surface area contributed by atoms with Crippen molar-refractivity contribution in [1.29, 1.82) is 0 Å². The average molecular weight is 390 g/mol. The molecule has 2 aromatic carbocycles. The summed E-state index contributed by atoms with van der Waals surface area (Å²) in [5.74, 6) is -1.07. The van der Waals surface area contributed by atoms with E-state index in [2.05, 4.69) is 10.3 Å². The molecule has 0 bridgehead atoms. The Morgan fingerprint density at radius 3 is 2.64 bits per heavy atom. The molecule has 28 heavy (non-hydrogen) atoms. The van der Waals surface area contributed by atoms with Crippen LogP contribution >= 0.6 is 0 Å². The first-order valence-electron chi connectivity index (χ1n) is 9.01. The largest absolute Gasteiger partial charge is 0.489 e. The second kappa shape index (κ2) is 7.75. The van der Waals surface area contributed by atoms with E-state index < -0.39 is 17.8 Å². The highest BCUT2D eigenvalue weighted by atomic mass is 19.3. The first kappa shape index (κ1) is 18.7. The maximum atomic E-state index is 14.3. The molecule has 146 valence electrons. The zero-order valence-electron chi connectivity index (χ0n) is 14.8. The minimum atomic E-state index is -2.86. The molecule has 1 aliphatic rings. The summed E-state index contributed by atoms with van der Waals surface area (Å²) in [5, 5.41) is 4.94. The van der Waals surface area contributed by atoms with E-state index in [1.807, 2.05) is 0 Å². The lowest BCUT2D eigenvalue weighted by atomic mass is 9.88. The van der Waals surface area contributed by atoms with E-state index >= 15 is 0 Å². The van der Waals surface area contributed by atoms with E-state index in [4.69, 9.17) is 4.74 Å². The number of benzene rings is 2. The van der Waals surface area contributed by atoms with Crippen molar-refractivity contribution in [1.82, 2.24) is 10.3 Å². The number of pyridine rings is 1. The minimum Gasteiger partial charge on any atom is -0.489 e. The first-order valence-corrected chi connectivity index (χ1v) is 9.01. The lowest BCUT2D eigenvalue weighted by Gasteiger charge is -2.37. The summed E-state index contributed by atoms with van der Waals surface area (Å²) in [6.07, 6.45) is 1.80. The van der Waals surface area contributed by atoms with Gasteiger partial charge in [-0.05, 0) is 48.6 Å². The highest BCUT2D eigenvalue weighted by Crippen LogP contribution is 2.30. The number of aromatic nitrogens is 1. The Bertz CT molecular complexity index is 995. The third-order valence-corrected chi connectivity index (χ3v) is 5.12. The summed E-state index contributed by atoms with van der Waals surface area (Å²) >= 11 is 0. The van der Waals surface area contributed by atoms with E-state index in [1.54, 1.807) is 24.5 Å². The Labute approximate surface area is 159 Å². The molecular weight excluding hydrogens is 372 g/mol. The summed E-state index contributed by atoms with van der Waals surface area (Å²) in [6.45, 7) is 0.316. The van der Waals surface area contributed by atoms with Crippen LogP contribution in [-0.4, -0.2) is 17.1 Å². The van der Waals surface area contributed by atoms with Crippen molar-refractivity contribution < 1.29 is 22.3 Å². The van der Waals surface area contributed by atoms with Gasteiger partial charge in [0.1, 0.15) is 23.5 Å². The van der Waals surface area contributed by atoms with Gasteiger partial charge in [-0.3, -0.25) is 4.98 Å². The van der Waals surface area contributed by atoms with Crippen LogP contribution in [0.3, 0.4) is 0 Å². The number of alkyl halides is 2. The lowest BCUT2D eigenvalue weighted by molar-refractivity contribution is 0.0711. The number of ether oxygens (including phenoxy) is 1. The maximum Gasteiger partial charge on any atom is 0.266 e. The van der Waals surface area contributed by atoms with E-state index in [1.165, 1.54) is 12.1 Å². The van der Waals surface area contributed by atoms with Gasteiger partial charge in [-0.1, -0.05) is 0 Å². The average Bonchev–Trinajstić information content (AvgIpc) is 2.66. The van der Waals surface area contributed by atoms with Crippen molar-refractivity contribution in [3.63, 3.8) is 0 Å². The summed E-state index contributed by atoms with van der Waals surface area (Å²) in [6, 6.07) is 8.21. The van der Waals surface area contributed by atoms with Crippen LogP contribution in [0.1, 0.15) is 30.4 Å². The maximum absolute atomic E-state index is 14.3. The monoisotopic (exact) mass is 390 g/mol. The fourth-order valence-corrected chi connectivity index (χ4v) is 3.40. The fraction of sp³-hybridized carbons (Fsp3) is 0.286. The van der Waals surface area contributed by atoms with E-state index in [9.17, 15) is 17.6 Å². The Kier molecular flexibility index (Phi) is 5.17. The molecule has 2 atom stereocenters. The van der Waals surface area contributed by atoms with Crippen molar-refractivity contribution in [2.45, 2.75) is 38.0 Å². The van der Waals surface area contributed by atoms with Crippen molar-refractivity contribution >= 4 is 10.8 Å². The Hall–Kier alpha value is -2.67. The zero-order chi connectivity index (χ0) is 19.7. The van der Waals surface area contributed by atoms with Gasteiger partial charge in [-0.2, -0.15) is 0 Å². The smallest absolute Gasteiger partial charge is 0.266 e. The molecule has 0 aliphatic heterocycles. The number of halogens is 4. The van der Waals surface area contributed by atoms with Crippen LogP contribution in [0, 0.1) is 11.6 Å².